The van der Waals surface area contributed by atoms with Gasteiger partial charge in [-0.25, -0.2) is 0 Å². The van der Waals surface area contributed by atoms with Crippen molar-refractivity contribution in [2.24, 2.45) is 12.8 Å². The number of carboxylic acids is 1. The van der Waals surface area contributed by atoms with E-state index in [4.69, 9.17) is 10.8 Å². The maximum absolute atomic E-state index is 11.0. The quantitative estimate of drug-likeness (QED) is 0.811. The molecule has 1 aromatic heterocycles. The van der Waals surface area contributed by atoms with Crippen molar-refractivity contribution in [3.63, 3.8) is 0 Å². The van der Waals surface area contributed by atoms with Crippen LogP contribution in [-0.4, -0.2) is 26.4 Å². The highest BCUT2D eigenvalue weighted by Crippen LogP contribution is 2.31. The van der Waals surface area contributed by atoms with Gasteiger partial charge in [-0.2, -0.15) is 5.10 Å². The third-order valence-electron chi connectivity index (χ3n) is 2.92. The van der Waals surface area contributed by atoms with E-state index in [1.54, 1.807) is 4.68 Å². The number of aliphatic carboxylic acids is 1. The van der Waals surface area contributed by atoms with Crippen molar-refractivity contribution in [3.05, 3.63) is 17.5 Å². The van der Waals surface area contributed by atoms with Gasteiger partial charge in [-0.1, -0.05) is 6.92 Å². The van der Waals surface area contributed by atoms with Crippen molar-refractivity contribution in [1.29, 1.82) is 0 Å². The second-order valence-corrected chi connectivity index (χ2v) is 5.03. The van der Waals surface area contributed by atoms with E-state index in [1.165, 1.54) is 0 Å². The van der Waals surface area contributed by atoms with Crippen LogP contribution in [0.25, 0.3) is 0 Å². The zero-order valence-corrected chi connectivity index (χ0v) is 10.9. The molecule has 0 saturated carbocycles. The minimum absolute atomic E-state index is 0.0300. The molecule has 0 fully saturated rings. The number of hydrogen-bond acceptors (Lipinski definition) is 3. The zero-order chi connectivity index (χ0) is 13.2. The van der Waals surface area contributed by atoms with Crippen molar-refractivity contribution in [2.75, 3.05) is 0 Å². The largest absolute Gasteiger partial charge is 0.481 e. The van der Waals surface area contributed by atoms with Crippen molar-refractivity contribution in [2.45, 2.75) is 45.1 Å². The monoisotopic (exact) mass is 239 g/mol. The van der Waals surface area contributed by atoms with Gasteiger partial charge in [0.25, 0.3) is 0 Å². The summed E-state index contributed by atoms with van der Waals surface area (Å²) >= 11 is 0. The molecule has 0 aliphatic rings. The predicted octanol–water partition coefficient (Wildman–Crippen LogP) is 1.28. The minimum atomic E-state index is -0.834. The Morgan fingerprint density at radius 3 is 2.65 bits per heavy atom. The van der Waals surface area contributed by atoms with Gasteiger partial charge in [0.2, 0.25) is 0 Å². The van der Waals surface area contributed by atoms with Gasteiger partial charge in [0, 0.05) is 24.7 Å². The molecule has 96 valence electrons. The van der Waals surface area contributed by atoms with Gasteiger partial charge >= 0.3 is 5.97 Å². The fraction of sp³-hybridized carbons (Fsp3) is 0.667. The van der Waals surface area contributed by atoms with Gasteiger partial charge in [-0.05, 0) is 25.8 Å². The third-order valence-corrected chi connectivity index (χ3v) is 2.92. The van der Waals surface area contributed by atoms with Gasteiger partial charge in [-0.3, -0.25) is 9.48 Å². The molecule has 1 atom stereocenters. The van der Waals surface area contributed by atoms with Crippen molar-refractivity contribution in [3.8, 4) is 0 Å². The van der Waals surface area contributed by atoms with Gasteiger partial charge in [0.15, 0.2) is 0 Å². The van der Waals surface area contributed by atoms with Crippen LogP contribution in [0.2, 0.25) is 0 Å². The first-order chi connectivity index (χ1) is 7.75. The molecule has 3 N–H and O–H groups in total. The summed E-state index contributed by atoms with van der Waals surface area (Å²) in [7, 11) is 1.84. The number of nitrogens with two attached hydrogens (primary N) is 1. The average Bonchev–Trinajstić information content (AvgIpc) is 2.53. The molecule has 17 heavy (non-hydrogen) atoms. The number of nitrogens with zero attached hydrogens (tertiary/aromatic N) is 2. The maximum atomic E-state index is 11.0. The molecule has 5 nitrogen and oxygen atoms in total. The van der Waals surface area contributed by atoms with E-state index in [9.17, 15) is 4.79 Å². The van der Waals surface area contributed by atoms with Crippen LogP contribution >= 0.6 is 0 Å². The fourth-order valence-electron chi connectivity index (χ4n) is 2.07. The fourth-order valence-corrected chi connectivity index (χ4v) is 2.07. The number of hydrogen-bond donors (Lipinski definition) is 2. The predicted molar refractivity (Wildman–Crippen MR) is 65.8 cm³/mol. The van der Waals surface area contributed by atoms with E-state index in [0.29, 0.717) is 0 Å². The SMILES string of the molecule is CCc1nn(C)cc1C(CC(=O)O)C(C)(C)N. The van der Waals surface area contributed by atoms with Gasteiger partial charge in [-0.15, -0.1) is 0 Å². The Hall–Kier alpha value is -1.36. The van der Waals surface area contributed by atoms with E-state index < -0.39 is 11.5 Å². The van der Waals surface area contributed by atoms with Crippen LogP contribution in [0, 0.1) is 0 Å². The second-order valence-electron chi connectivity index (χ2n) is 5.03. The van der Waals surface area contributed by atoms with Crippen molar-refractivity contribution < 1.29 is 9.90 Å². The van der Waals surface area contributed by atoms with Gasteiger partial charge in [0.1, 0.15) is 0 Å². The Kier molecular flexibility index (Phi) is 3.93. The number of carboxylic acid groups (broad SMARTS) is 1. The zero-order valence-electron chi connectivity index (χ0n) is 10.9. The van der Waals surface area contributed by atoms with E-state index in [-0.39, 0.29) is 12.3 Å². The number of aromatic nitrogens is 2. The molecule has 0 radical (unpaired) electrons. The molecule has 0 amide bonds. The summed E-state index contributed by atoms with van der Waals surface area (Å²) in [6, 6.07) is 0. The van der Waals surface area contributed by atoms with Crippen LogP contribution in [0.1, 0.15) is 44.4 Å². The molecule has 0 bridgehead atoms. The first kappa shape index (κ1) is 13.7. The highest BCUT2D eigenvalue weighted by molar-refractivity contribution is 5.68. The smallest absolute Gasteiger partial charge is 0.304 e. The van der Waals surface area contributed by atoms with E-state index >= 15 is 0 Å². The highest BCUT2D eigenvalue weighted by Gasteiger charge is 2.31. The molecule has 1 unspecified atom stereocenters. The topological polar surface area (TPSA) is 81.1 Å². The number of carbonyl (C=O) groups is 1. The molecule has 0 aliphatic heterocycles. The molecule has 0 saturated heterocycles. The molecule has 1 heterocycles. The van der Waals surface area contributed by atoms with E-state index in [1.807, 2.05) is 34.0 Å². The van der Waals surface area contributed by atoms with Gasteiger partial charge in [0.05, 0.1) is 12.1 Å². The standard InChI is InChI=1S/C12H21N3O2/c1-5-10-8(7-15(4)14-10)9(6-11(16)17)12(2,3)13/h7,9H,5-6,13H2,1-4H3,(H,16,17). The number of aryl methyl sites for hydroxylation is 2. The Balaban J connectivity index is 3.16. The molecule has 0 spiro atoms. The Morgan fingerprint density at radius 1 is 1.65 bits per heavy atom. The minimum Gasteiger partial charge on any atom is -0.481 e. The average molecular weight is 239 g/mol. The van der Waals surface area contributed by atoms with E-state index in [0.717, 1.165) is 17.7 Å². The Morgan fingerprint density at radius 2 is 2.24 bits per heavy atom. The molecule has 1 aromatic rings. The van der Waals surface area contributed by atoms with Crippen LogP contribution in [-0.2, 0) is 18.3 Å². The molecule has 1 rings (SSSR count). The molecule has 5 heteroatoms. The van der Waals surface area contributed by atoms with Crippen LogP contribution in [0.15, 0.2) is 6.20 Å². The summed E-state index contributed by atoms with van der Waals surface area (Å²) in [5.74, 6) is -1.05. The maximum Gasteiger partial charge on any atom is 0.304 e. The third kappa shape index (κ3) is 3.30. The molecule has 0 aliphatic carbocycles. The summed E-state index contributed by atoms with van der Waals surface area (Å²) in [4.78, 5) is 11.0. The normalized spacial score (nSPS) is 13.7. The first-order valence-electron chi connectivity index (χ1n) is 5.78. The highest BCUT2D eigenvalue weighted by atomic mass is 16.4. The Bertz CT molecular complexity index is 404. The lowest BCUT2D eigenvalue weighted by molar-refractivity contribution is -0.137. The van der Waals surface area contributed by atoms with Crippen molar-refractivity contribution in [1.82, 2.24) is 9.78 Å². The second kappa shape index (κ2) is 4.87. The van der Waals surface area contributed by atoms with Crippen LogP contribution in [0.4, 0.5) is 0 Å². The van der Waals surface area contributed by atoms with Gasteiger partial charge < -0.3 is 10.8 Å². The lowest BCUT2D eigenvalue weighted by Gasteiger charge is -2.29. The molecular weight excluding hydrogens is 218 g/mol. The molecular formula is C12H21N3O2. The summed E-state index contributed by atoms with van der Waals surface area (Å²) < 4.78 is 1.72. The molecule has 0 aromatic carbocycles. The lowest BCUT2D eigenvalue weighted by Crippen LogP contribution is -2.40. The summed E-state index contributed by atoms with van der Waals surface area (Å²) in [6.45, 7) is 5.72. The summed E-state index contributed by atoms with van der Waals surface area (Å²) in [5.41, 5.74) is 7.39. The lowest BCUT2D eigenvalue weighted by atomic mass is 9.80. The van der Waals surface area contributed by atoms with Crippen molar-refractivity contribution >= 4 is 5.97 Å². The van der Waals surface area contributed by atoms with Crippen LogP contribution in [0.5, 0.6) is 0 Å². The summed E-state index contributed by atoms with van der Waals surface area (Å²) in [6.07, 6.45) is 2.69. The van der Waals surface area contributed by atoms with E-state index in [2.05, 4.69) is 5.10 Å². The van der Waals surface area contributed by atoms with Crippen LogP contribution in [0.3, 0.4) is 0 Å². The summed E-state index contributed by atoms with van der Waals surface area (Å²) in [5, 5.41) is 13.3. The Labute approximate surface area is 102 Å². The number of rotatable bonds is 5. The first-order valence-corrected chi connectivity index (χ1v) is 5.78. The van der Waals surface area contributed by atoms with Crippen LogP contribution < -0.4 is 5.73 Å².